The number of hydrogen-bond acceptors (Lipinski definition) is 5. The van der Waals surface area contributed by atoms with Crippen molar-refractivity contribution < 1.29 is 32.9 Å². The van der Waals surface area contributed by atoms with Crippen molar-refractivity contribution in [3.63, 3.8) is 0 Å². The molecule has 0 amide bonds. The number of rotatable bonds is 7. The zero-order valence-corrected chi connectivity index (χ0v) is 15.6. The van der Waals surface area contributed by atoms with E-state index in [0.717, 1.165) is 18.3 Å². The third kappa shape index (κ3) is 4.97. The molecule has 2 atom stereocenters. The number of carbonyl (C=O) groups is 1. The minimum atomic E-state index is -4.40. The fourth-order valence-corrected chi connectivity index (χ4v) is 3.06. The predicted molar refractivity (Wildman–Crippen MR) is 98.6 cm³/mol. The fraction of sp³-hybridized carbons (Fsp3) is 0.400. The molecule has 6 nitrogen and oxygen atoms in total. The Morgan fingerprint density at radius 3 is 2.69 bits per heavy atom. The lowest BCUT2D eigenvalue weighted by atomic mass is 9.97. The van der Waals surface area contributed by atoms with E-state index in [2.05, 4.69) is 4.98 Å². The van der Waals surface area contributed by atoms with Gasteiger partial charge in [-0.1, -0.05) is 12.1 Å². The highest BCUT2D eigenvalue weighted by atomic mass is 19.4. The minimum absolute atomic E-state index is 0.123. The van der Waals surface area contributed by atoms with Crippen LogP contribution >= 0.6 is 0 Å². The van der Waals surface area contributed by atoms with Crippen LogP contribution in [0, 0.1) is 11.8 Å². The van der Waals surface area contributed by atoms with Gasteiger partial charge in [-0.2, -0.15) is 13.2 Å². The molecule has 0 radical (unpaired) electrons. The molecule has 2 heterocycles. The molecule has 1 aromatic heterocycles. The number of aliphatic carboxylic acids is 1. The monoisotopic (exact) mass is 410 g/mol. The van der Waals surface area contributed by atoms with Crippen LogP contribution in [0.5, 0.6) is 5.75 Å². The average molecular weight is 410 g/mol. The van der Waals surface area contributed by atoms with Crippen LogP contribution in [0.3, 0.4) is 0 Å². The molecule has 0 saturated carbocycles. The molecule has 1 fully saturated rings. The number of halogens is 3. The van der Waals surface area contributed by atoms with Crippen molar-refractivity contribution in [2.24, 2.45) is 11.8 Å². The number of pyridine rings is 1. The molecular formula is C20H21F3N2O4. The van der Waals surface area contributed by atoms with Gasteiger partial charge in [0, 0.05) is 25.2 Å². The van der Waals surface area contributed by atoms with E-state index >= 15 is 0 Å². The largest absolute Gasteiger partial charge is 0.493 e. The van der Waals surface area contributed by atoms with Gasteiger partial charge in [-0.15, -0.1) is 0 Å². The van der Waals surface area contributed by atoms with Crippen LogP contribution in [0.25, 0.3) is 0 Å². The number of ether oxygens (including phenoxy) is 1. The summed E-state index contributed by atoms with van der Waals surface area (Å²) in [5, 5.41) is 19.1. The van der Waals surface area contributed by atoms with Gasteiger partial charge in [-0.3, -0.25) is 4.79 Å². The van der Waals surface area contributed by atoms with Crippen LogP contribution in [0.1, 0.15) is 24.2 Å². The van der Waals surface area contributed by atoms with Gasteiger partial charge in [-0.25, -0.2) is 4.98 Å². The summed E-state index contributed by atoms with van der Waals surface area (Å²) in [6.45, 7) is 2.81. The highest BCUT2D eigenvalue weighted by molar-refractivity contribution is 5.70. The molecule has 1 aliphatic heterocycles. The Bertz CT molecular complexity index is 869. The van der Waals surface area contributed by atoms with Crippen LogP contribution in [0.15, 0.2) is 42.6 Å². The Morgan fingerprint density at radius 1 is 1.31 bits per heavy atom. The number of hydrogen-bond donors (Lipinski definition) is 2. The first-order chi connectivity index (χ1) is 13.6. The lowest BCUT2D eigenvalue weighted by Gasteiger charge is -2.40. The number of anilines is 1. The number of aliphatic hydroxyl groups excluding tert-OH is 1. The summed E-state index contributed by atoms with van der Waals surface area (Å²) in [7, 11) is 0. The number of aliphatic hydroxyl groups is 1. The van der Waals surface area contributed by atoms with E-state index in [9.17, 15) is 23.1 Å². The summed E-state index contributed by atoms with van der Waals surface area (Å²) in [5.74, 6) is -1.15. The standard InChI is InChI=1S/C20H21F3N2O4/c1-12(19(27)28)18(26)14-3-2-4-16(7-14)29-11-13-9-25(10-13)17-8-15(5-6-24-17)20(21,22)23/h2-8,12-13,18,26H,9-11H2,1H3,(H,27,28)/t12-,18+/m0/s1. The molecule has 1 aliphatic rings. The number of nitrogens with zero attached hydrogens (tertiary/aromatic N) is 2. The summed E-state index contributed by atoms with van der Waals surface area (Å²) < 4.78 is 44.1. The zero-order valence-electron chi connectivity index (χ0n) is 15.6. The number of alkyl halides is 3. The van der Waals surface area contributed by atoms with E-state index < -0.39 is 29.7 Å². The summed E-state index contributed by atoms with van der Waals surface area (Å²) in [6, 6.07) is 8.56. The quantitative estimate of drug-likeness (QED) is 0.728. The minimum Gasteiger partial charge on any atom is -0.493 e. The first kappa shape index (κ1) is 20.9. The van der Waals surface area contributed by atoms with Crippen molar-refractivity contribution in [3.05, 3.63) is 53.7 Å². The van der Waals surface area contributed by atoms with E-state index in [0.29, 0.717) is 31.0 Å². The highest BCUT2D eigenvalue weighted by Gasteiger charge is 2.33. The van der Waals surface area contributed by atoms with Crippen molar-refractivity contribution in [2.45, 2.75) is 19.2 Å². The van der Waals surface area contributed by atoms with Crippen molar-refractivity contribution in [2.75, 3.05) is 24.6 Å². The van der Waals surface area contributed by atoms with Gasteiger partial charge in [0.05, 0.1) is 24.2 Å². The van der Waals surface area contributed by atoms with Gasteiger partial charge in [0.25, 0.3) is 0 Å². The maximum atomic E-state index is 12.8. The number of benzene rings is 1. The summed E-state index contributed by atoms with van der Waals surface area (Å²) in [6.07, 6.45) is -4.40. The topological polar surface area (TPSA) is 82.9 Å². The maximum Gasteiger partial charge on any atom is 0.416 e. The molecule has 0 bridgehead atoms. The van der Waals surface area contributed by atoms with Crippen LogP contribution in [0.4, 0.5) is 19.0 Å². The van der Waals surface area contributed by atoms with Gasteiger partial charge in [0.15, 0.2) is 0 Å². The van der Waals surface area contributed by atoms with Gasteiger partial charge in [0.2, 0.25) is 0 Å². The summed E-state index contributed by atoms with van der Waals surface area (Å²) >= 11 is 0. The van der Waals surface area contributed by atoms with E-state index in [-0.39, 0.29) is 11.7 Å². The van der Waals surface area contributed by atoms with Crippen molar-refractivity contribution >= 4 is 11.8 Å². The lowest BCUT2D eigenvalue weighted by molar-refractivity contribution is -0.145. The second-order valence-corrected chi connectivity index (χ2v) is 7.13. The molecule has 2 N–H and O–H groups in total. The first-order valence-electron chi connectivity index (χ1n) is 9.07. The molecule has 9 heteroatoms. The normalized spacial score (nSPS) is 16.8. The predicted octanol–water partition coefficient (Wildman–Crippen LogP) is 3.37. The maximum absolute atomic E-state index is 12.8. The Kier molecular flexibility index (Phi) is 5.97. The average Bonchev–Trinajstić information content (AvgIpc) is 2.65. The highest BCUT2D eigenvalue weighted by Crippen LogP contribution is 2.32. The smallest absolute Gasteiger partial charge is 0.416 e. The van der Waals surface area contributed by atoms with Gasteiger partial charge < -0.3 is 19.8 Å². The summed E-state index contributed by atoms with van der Waals surface area (Å²) in [4.78, 5) is 16.8. The van der Waals surface area contributed by atoms with Gasteiger partial charge in [-0.05, 0) is 36.8 Å². The van der Waals surface area contributed by atoms with Crippen LogP contribution in [0.2, 0.25) is 0 Å². The molecule has 3 rings (SSSR count). The Labute approximate surface area is 165 Å². The van der Waals surface area contributed by atoms with Crippen molar-refractivity contribution in [1.29, 1.82) is 0 Å². The molecule has 2 aromatic rings. The Balaban J connectivity index is 1.53. The fourth-order valence-electron chi connectivity index (χ4n) is 3.06. The van der Waals surface area contributed by atoms with Crippen molar-refractivity contribution in [3.8, 4) is 5.75 Å². The van der Waals surface area contributed by atoms with Crippen LogP contribution < -0.4 is 9.64 Å². The molecule has 1 aromatic carbocycles. The molecule has 156 valence electrons. The molecule has 0 aliphatic carbocycles. The first-order valence-corrected chi connectivity index (χ1v) is 9.07. The second kappa shape index (κ2) is 8.28. The Hall–Kier alpha value is -2.81. The van der Waals surface area contributed by atoms with Crippen LogP contribution in [-0.4, -0.2) is 40.9 Å². The second-order valence-electron chi connectivity index (χ2n) is 7.13. The van der Waals surface area contributed by atoms with E-state index in [4.69, 9.17) is 9.84 Å². The molecule has 0 spiro atoms. The molecule has 0 unspecified atom stereocenters. The number of carboxylic acids is 1. The van der Waals surface area contributed by atoms with Gasteiger partial charge >= 0.3 is 12.1 Å². The molecular weight excluding hydrogens is 389 g/mol. The van der Waals surface area contributed by atoms with E-state index in [1.54, 1.807) is 29.2 Å². The summed E-state index contributed by atoms with van der Waals surface area (Å²) in [5.41, 5.74) is -0.283. The number of aromatic nitrogens is 1. The molecule has 29 heavy (non-hydrogen) atoms. The van der Waals surface area contributed by atoms with E-state index in [1.807, 2.05) is 0 Å². The SMILES string of the molecule is C[C@H](C(=O)O)[C@@H](O)c1cccc(OCC2CN(c3cc(C(F)(F)F)ccn3)C2)c1. The third-order valence-corrected chi connectivity index (χ3v) is 4.90. The Morgan fingerprint density at radius 2 is 2.03 bits per heavy atom. The zero-order chi connectivity index (χ0) is 21.2. The lowest BCUT2D eigenvalue weighted by Crippen LogP contribution is -2.49. The molecule has 1 saturated heterocycles. The number of carboxylic acid groups (broad SMARTS) is 1. The third-order valence-electron chi connectivity index (χ3n) is 4.90. The van der Waals surface area contributed by atoms with Crippen molar-refractivity contribution in [1.82, 2.24) is 4.98 Å². The van der Waals surface area contributed by atoms with Gasteiger partial charge in [0.1, 0.15) is 11.6 Å². The van der Waals surface area contributed by atoms with Crippen LogP contribution in [-0.2, 0) is 11.0 Å². The van der Waals surface area contributed by atoms with E-state index in [1.165, 1.54) is 6.92 Å².